The maximum absolute atomic E-state index is 11.8. The molecule has 0 bridgehead atoms. The first kappa shape index (κ1) is 10.6. The molecule has 84 valence electrons. The average molecular weight is 219 g/mol. The summed E-state index contributed by atoms with van der Waals surface area (Å²) in [5.74, 6) is -0.220. The molecule has 0 saturated carbocycles. The van der Waals surface area contributed by atoms with Crippen molar-refractivity contribution in [1.82, 2.24) is 14.9 Å². The Kier molecular flexibility index (Phi) is 2.87. The second kappa shape index (κ2) is 4.32. The van der Waals surface area contributed by atoms with Crippen LogP contribution in [0.4, 0.5) is 0 Å². The van der Waals surface area contributed by atoms with E-state index in [4.69, 9.17) is 5.11 Å². The molecule has 0 saturated heterocycles. The molecular formula is C11H13N3O2. The molecule has 5 heteroatoms. The third kappa shape index (κ3) is 1.90. The van der Waals surface area contributed by atoms with E-state index in [-0.39, 0.29) is 18.6 Å². The number of hydrogen-bond acceptors (Lipinski definition) is 3. The first-order valence-corrected chi connectivity index (χ1v) is 5.06. The highest BCUT2D eigenvalue weighted by molar-refractivity contribution is 6.00. The first-order valence-electron chi connectivity index (χ1n) is 5.06. The summed E-state index contributed by atoms with van der Waals surface area (Å²) >= 11 is 0. The summed E-state index contributed by atoms with van der Waals surface area (Å²) in [7, 11) is 0. The lowest BCUT2D eigenvalue weighted by Gasteiger charge is -2.09. The van der Waals surface area contributed by atoms with Crippen molar-refractivity contribution in [3.63, 3.8) is 0 Å². The second-order valence-electron chi connectivity index (χ2n) is 3.65. The van der Waals surface area contributed by atoms with Gasteiger partial charge in [-0.3, -0.25) is 4.79 Å². The van der Waals surface area contributed by atoms with Gasteiger partial charge < -0.3 is 10.4 Å². The third-order valence-electron chi connectivity index (χ3n) is 2.32. The molecule has 0 aliphatic heterocycles. The molecular weight excluding hydrogens is 206 g/mol. The van der Waals surface area contributed by atoms with Crippen LogP contribution < -0.4 is 5.32 Å². The minimum Gasteiger partial charge on any atom is -0.394 e. The molecule has 2 heterocycles. The fraction of sp³-hybridized carbons (Fsp3) is 0.273. The molecule has 0 aliphatic rings. The number of nitrogens with zero attached hydrogens (tertiary/aromatic N) is 2. The first-order chi connectivity index (χ1) is 7.72. The highest BCUT2D eigenvalue weighted by atomic mass is 16.3. The lowest BCUT2D eigenvalue weighted by Crippen LogP contribution is -2.34. The van der Waals surface area contributed by atoms with Crippen molar-refractivity contribution in [2.75, 3.05) is 6.61 Å². The van der Waals surface area contributed by atoms with Crippen LogP contribution in [-0.4, -0.2) is 33.3 Å². The zero-order valence-electron chi connectivity index (χ0n) is 8.92. The van der Waals surface area contributed by atoms with Gasteiger partial charge in [0.1, 0.15) is 0 Å². The van der Waals surface area contributed by atoms with Crippen LogP contribution in [0.3, 0.4) is 0 Å². The van der Waals surface area contributed by atoms with E-state index in [1.807, 2.05) is 18.2 Å². The van der Waals surface area contributed by atoms with Crippen LogP contribution in [-0.2, 0) is 0 Å². The standard InChI is InChI=1S/C11H13N3O2/c1-8(7-15)13-11(16)9-6-12-14-5-3-2-4-10(9)14/h2-6,8,15H,7H2,1H3,(H,13,16)/t8-/m1/s1. The topological polar surface area (TPSA) is 66.6 Å². The van der Waals surface area contributed by atoms with Gasteiger partial charge in [-0.1, -0.05) is 6.07 Å². The number of aliphatic hydroxyl groups excluding tert-OH is 1. The van der Waals surface area contributed by atoms with Crippen LogP contribution in [0.25, 0.3) is 5.52 Å². The van der Waals surface area contributed by atoms with Gasteiger partial charge in [0.05, 0.1) is 23.9 Å². The number of aliphatic hydroxyl groups is 1. The summed E-state index contributed by atoms with van der Waals surface area (Å²) in [5.41, 5.74) is 1.27. The molecule has 0 fully saturated rings. The molecule has 1 atom stereocenters. The number of pyridine rings is 1. The Morgan fingerprint density at radius 2 is 2.44 bits per heavy atom. The Morgan fingerprint density at radius 3 is 3.19 bits per heavy atom. The normalized spacial score (nSPS) is 12.6. The van der Waals surface area contributed by atoms with E-state index < -0.39 is 0 Å². The SMILES string of the molecule is C[C@H](CO)NC(=O)c1cnn2ccccc12. The van der Waals surface area contributed by atoms with Crippen LogP contribution >= 0.6 is 0 Å². The summed E-state index contributed by atoms with van der Waals surface area (Å²) in [4.78, 5) is 11.8. The monoisotopic (exact) mass is 219 g/mol. The number of amides is 1. The van der Waals surface area contributed by atoms with Crippen LogP contribution in [0.5, 0.6) is 0 Å². The van der Waals surface area contributed by atoms with Gasteiger partial charge in [-0.2, -0.15) is 5.10 Å². The Labute approximate surface area is 92.7 Å². The molecule has 5 nitrogen and oxygen atoms in total. The largest absolute Gasteiger partial charge is 0.394 e. The lowest BCUT2D eigenvalue weighted by molar-refractivity contribution is 0.0924. The minimum atomic E-state index is -0.258. The van der Waals surface area contributed by atoms with Gasteiger partial charge in [-0.25, -0.2) is 4.52 Å². The molecule has 2 aromatic heterocycles. The van der Waals surface area contributed by atoms with Gasteiger partial charge in [0.15, 0.2) is 0 Å². The number of rotatable bonds is 3. The minimum absolute atomic E-state index is 0.0784. The van der Waals surface area contributed by atoms with Gasteiger partial charge in [0, 0.05) is 12.2 Å². The van der Waals surface area contributed by atoms with E-state index in [1.165, 1.54) is 6.20 Å². The molecule has 1 amide bonds. The zero-order valence-corrected chi connectivity index (χ0v) is 8.92. The number of aromatic nitrogens is 2. The van der Waals surface area contributed by atoms with Gasteiger partial charge in [0.2, 0.25) is 0 Å². The fourth-order valence-corrected chi connectivity index (χ4v) is 1.46. The Hall–Kier alpha value is -1.88. The molecule has 0 spiro atoms. The maximum atomic E-state index is 11.8. The Bertz CT molecular complexity index is 507. The smallest absolute Gasteiger partial charge is 0.255 e. The highest BCUT2D eigenvalue weighted by Gasteiger charge is 2.13. The van der Waals surface area contributed by atoms with E-state index in [9.17, 15) is 4.79 Å². The number of hydrogen-bond donors (Lipinski definition) is 2. The number of carbonyl (C=O) groups is 1. The van der Waals surface area contributed by atoms with Gasteiger partial charge in [0.25, 0.3) is 5.91 Å². The molecule has 0 unspecified atom stereocenters. The van der Waals surface area contributed by atoms with E-state index >= 15 is 0 Å². The number of fused-ring (bicyclic) bond motifs is 1. The van der Waals surface area contributed by atoms with Crippen LogP contribution in [0.1, 0.15) is 17.3 Å². The summed E-state index contributed by atoms with van der Waals surface area (Å²) in [6.45, 7) is 1.66. The fourth-order valence-electron chi connectivity index (χ4n) is 1.46. The average Bonchev–Trinajstić information content (AvgIpc) is 2.72. The van der Waals surface area contributed by atoms with Gasteiger partial charge >= 0.3 is 0 Å². The molecule has 2 rings (SSSR count). The quantitative estimate of drug-likeness (QED) is 0.787. The lowest BCUT2D eigenvalue weighted by atomic mass is 10.2. The van der Waals surface area contributed by atoms with Crippen molar-refractivity contribution in [1.29, 1.82) is 0 Å². The van der Waals surface area contributed by atoms with Crippen molar-refractivity contribution < 1.29 is 9.90 Å². The van der Waals surface area contributed by atoms with Crippen molar-refractivity contribution in [2.24, 2.45) is 0 Å². The Balaban J connectivity index is 2.30. The van der Waals surface area contributed by atoms with Gasteiger partial charge in [-0.05, 0) is 19.1 Å². The van der Waals surface area contributed by atoms with E-state index in [2.05, 4.69) is 10.4 Å². The molecule has 0 aromatic carbocycles. The van der Waals surface area contributed by atoms with E-state index in [0.717, 1.165) is 5.52 Å². The van der Waals surface area contributed by atoms with Crippen LogP contribution in [0.15, 0.2) is 30.6 Å². The van der Waals surface area contributed by atoms with Crippen molar-refractivity contribution in [3.05, 3.63) is 36.2 Å². The summed E-state index contributed by atoms with van der Waals surface area (Å²) in [6.07, 6.45) is 3.30. The number of nitrogens with one attached hydrogen (secondary N) is 1. The maximum Gasteiger partial charge on any atom is 0.255 e. The molecule has 2 aromatic rings. The number of carbonyl (C=O) groups excluding carboxylic acids is 1. The zero-order chi connectivity index (χ0) is 11.5. The van der Waals surface area contributed by atoms with E-state index in [1.54, 1.807) is 17.6 Å². The summed E-state index contributed by atoms with van der Waals surface area (Å²) < 4.78 is 1.64. The van der Waals surface area contributed by atoms with Crippen molar-refractivity contribution in [3.8, 4) is 0 Å². The highest BCUT2D eigenvalue weighted by Crippen LogP contribution is 2.09. The third-order valence-corrected chi connectivity index (χ3v) is 2.32. The summed E-state index contributed by atoms with van der Waals surface area (Å²) in [6, 6.07) is 5.26. The predicted molar refractivity (Wildman–Crippen MR) is 59.2 cm³/mol. The van der Waals surface area contributed by atoms with E-state index in [0.29, 0.717) is 5.56 Å². The van der Waals surface area contributed by atoms with Crippen LogP contribution in [0.2, 0.25) is 0 Å². The summed E-state index contributed by atoms with van der Waals surface area (Å²) in [5, 5.41) is 15.6. The molecule has 2 N–H and O–H groups in total. The van der Waals surface area contributed by atoms with Crippen molar-refractivity contribution >= 4 is 11.4 Å². The molecule has 16 heavy (non-hydrogen) atoms. The molecule has 0 aliphatic carbocycles. The second-order valence-corrected chi connectivity index (χ2v) is 3.65. The van der Waals surface area contributed by atoms with Crippen LogP contribution in [0, 0.1) is 0 Å². The Morgan fingerprint density at radius 1 is 1.62 bits per heavy atom. The molecule has 0 radical (unpaired) electrons. The predicted octanol–water partition coefficient (Wildman–Crippen LogP) is 0.445. The van der Waals surface area contributed by atoms with Gasteiger partial charge in [-0.15, -0.1) is 0 Å². The van der Waals surface area contributed by atoms with Crippen molar-refractivity contribution in [2.45, 2.75) is 13.0 Å².